The lowest BCUT2D eigenvalue weighted by atomic mass is 9.73. The highest BCUT2D eigenvalue weighted by molar-refractivity contribution is 6.68. The fourth-order valence-electron chi connectivity index (χ4n) is 2.02. The third kappa shape index (κ3) is 5.28. The van der Waals surface area contributed by atoms with Crippen LogP contribution in [-0.4, -0.2) is 31.7 Å². The summed E-state index contributed by atoms with van der Waals surface area (Å²) in [5.74, 6) is -0.732. The van der Waals surface area contributed by atoms with Crippen LogP contribution in [0.1, 0.15) is 50.0 Å². The second-order valence-electron chi connectivity index (χ2n) is 5.72. The van der Waals surface area contributed by atoms with Gasteiger partial charge in [0.1, 0.15) is 5.82 Å². The van der Waals surface area contributed by atoms with Crippen molar-refractivity contribution in [2.75, 3.05) is 13.7 Å². The summed E-state index contributed by atoms with van der Waals surface area (Å²) in [6.45, 7) is 8.04. The Morgan fingerprint density at radius 1 is 1.35 bits per heavy atom. The normalized spacial score (nSPS) is 11.6. The standard InChI is InChI=1S/C16H23BClFO4/c1-6-16(3,4)23-17(22-7-2)13-11(10-21-5)8-9-12(14(13)19)15(18)20/h8-9H,6-7,10H2,1-5H3. The summed E-state index contributed by atoms with van der Waals surface area (Å²) in [6.07, 6.45) is 0.714. The van der Waals surface area contributed by atoms with Gasteiger partial charge in [0, 0.05) is 24.8 Å². The lowest BCUT2D eigenvalue weighted by Gasteiger charge is -2.29. The third-order valence-corrected chi connectivity index (χ3v) is 3.82. The Kier molecular flexibility index (Phi) is 7.67. The second kappa shape index (κ2) is 8.78. The molecule has 0 unspecified atom stereocenters. The zero-order valence-electron chi connectivity index (χ0n) is 14.2. The Balaban J connectivity index is 3.41. The summed E-state index contributed by atoms with van der Waals surface area (Å²) < 4.78 is 31.5. The predicted octanol–water partition coefficient (Wildman–Crippen LogP) is 3.29. The molecule has 0 atom stereocenters. The van der Waals surface area contributed by atoms with Gasteiger partial charge in [-0.15, -0.1) is 0 Å². The van der Waals surface area contributed by atoms with Gasteiger partial charge in [0.05, 0.1) is 12.2 Å². The van der Waals surface area contributed by atoms with E-state index in [9.17, 15) is 9.18 Å². The molecule has 0 radical (unpaired) electrons. The Bertz CT molecular complexity index is 551. The van der Waals surface area contributed by atoms with Gasteiger partial charge in [-0.1, -0.05) is 13.0 Å². The van der Waals surface area contributed by atoms with Crippen molar-refractivity contribution < 1.29 is 23.2 Å². The number of rotatable bonds is 9. The summed E-state index contributed by atoms with van der Waals surface area (Å²) in [6, 6.07) is 2.95. The maximum Gasteiger partial charge on any atom is 0.497 e. The van der Waals surface area contributed by atoms with Gasteiger partial charge in [-0.3, -0.25) is 4.79 Å². The molecule has 0 bridgehead atoms. The molecule has 1 rings (SSSR count). The van der Waals surface area contributed by atoms with E-state index in [4.69, 9.17) is 25.6 Å². The van der Waals surface area contributed by atoms with Crippen molar-refractivity contribution in [3.63, 3.8) is 0 Å². The number of benzene rings is 1. The molecule has 0 saturated heterocycles. The van der Waals surface area contributed by atoms with Crippen LogP contribution in [-0.2, 0) is 20.7 Å². The first-order chi connectivity index (χ1) is 10.8. The molecule has 0 aliphatic rings. The van der Waals surface area contributed by atoms with Gasteiger partial charge in [0.2, 0.25) is 0 Å². The van der Waals surface area contributed by atoms with Crippen molar-refractivity contribution in [3.8, 4) is 0 Å². The molecule has 1 aromatic carbocycles. The Hall–Kier alpha value is -0.945. The van der Waals surface area contributed by atoms with E-state index in [1.807, 2.05) is 20.8 Å². The van der Waals surface area contributed by atoms with Gasteiger partial charge >= 0.3 is 7.12 Å². The fourth-order valence-corrected chi connectivity index (χ4v) is 2.17. The minimum atomic E-state index is -0.948. The van der Waals surface area contributed by atoms with Crippen LogP contribution in [0.3, 0.4) is 0 Å². The molecule has 0 amide bonds. The van der Waals surface area contributed by atoms with Crippen molar-refractivity contribution in [2.24, 2.45) is 0 Å². The number of ether oxygens (including phenoxy) is 1. The van der Waals surface area contributed by atoms with E-state index >= 15 is 0 Å². The molecule has 128 valence electrons. The average Bonchev–Trinajstić information content (AvgIpc) is 2.47. The van der Waals surface area contributed by atoms with E-state index in [1.54, 1.807) is 13.0 Å². The number of carbonyl (C=O) groups excluding carboxylic acids is 1. The van der Waals surface area contributed by atoms with E-state index in [2.05, 4.69) is 0 Å². The summed E-state index contributed by atoms with van der Waals surface area (Å²) in [5.41, 5.74) is -0.0136. The molecule has 23 heavy (non-hydrogen) atoms. The van der Waals surface area contributed by atoms with E-state index in [1.165, 1.54) is 13.2 Å². The van der Waals surface area contributed by atoms with Crippen LogP contribution in [0.2, 0.25) is 0 Å². The molecule has 0 aromatic heterocycles. The summed E-state index contributed by atoms with van der Waals surface area (Å²) in [5, 5.41) is -0.863. The molecular formula is C16H23BClFO4. The first kappa shape index (κ1) is 20.1. The monoisotopic (exact) mass is 344 g/mol. The van der Waals surface area contributed by atoms with Gasteiger partial charge in [0.15, 0.2) is 0 Å². The van der Waals surface area contributed by atoms with Crippen LogP contribution >= 0.6 is 11.6 Å². The smallest absolute Gasteiger partial charge is 0.407 e. The summed E-state index contributed by atoms with van der Waals surface area (Å²) >= 11 is 5.46. The largest absolute Gasteiger partial charge is 0.497 e. The molecule has 0 aliphatic carbocycles. The maximum atomic E-state index is 14.8. The average molecular weight is 345 g/mol. The molecular weight excluding hydrogens is 321 g/mol. The van der Waals surface area contributed by atoms with Crippen LogP contribution in [0.4, 0.5) is 4.39 Å². The first-order valence-corrected chi connectivity index (χ1v) is 7.94. The fraction of sp³-hybridized carbons (Fsp3) is 0.562. The SMILES string of the molecule is CCOB(OC(C)(C)CC)c1c(COC)ccc(C(=O)Cl)c1F. The van der Waals surface area contributed by atoms with Crippen LogP contribution in [0, 0.1) is 5.82 Å². The molecule has 0 spiro atoms. The van der Waals surface area contributed by atoms with Crippen molar-refractivity contribution >= 4 is 29.4 Å². The molecule has 4 nitrogen and oxygen atoms in total. The Morgan fingerprint density at radius 2 is 2.00 bits per heavy atom. The predicted molar refractivity (Wildman–Crippen MR) is 89.8 cm³/mol. The minimum Gasteiger partial charge on any atom is -0.407 e. The van der Waals surface area contributed by atoms with Gasteiger partial charge in [-0.05, 0) is 50.4 Å². The van der Waals surface area contributed by atoms with Crippen LogP contribution < -0.4 is 5.46 Å². The van der Waals surface area contributed by atoms with E-state index < -0.39 is 23.8 Å². The number of methoxy groups -OCH3 is 1. The molecule has 0 aliphatic heterocycles. The molecule has 0 fully saturated rings. The summed E-state index contributed by atoms with van der Waals surface area (Å²) in [4.78, 5) is 11.4. The highest BCUT2D eigenvalue weighted by Gasteiger charge is 2.35. The van der Waals surface area contributed by atoms with Crippen molar-refractivity contribution in [1.82, 2.24) is 0 Å². The summed E-state index contributed by atoms with van der Waals surface area (Å²) in [7, 11) is 0.561. The lowest BCUT2D eigenvalue weighted by molar-refractivity contribution is 0.0700. The van der Waals surface area contributed by atoms with Crippen molar-refractivity contribution in [1.29, 1.82) is 0 Å². The molecule has 0 N–H and O–H groups in total. The van der Waals surface area contributed by atoms with Crippen LogP contribution in [0.5, 0.6) is 0 Å². The maximum absolute atomic E-state index is 14.8. The third-order valence-electron chi connectivity index (χ3n) is 3.61. The van der Waals surface area contributed by atoms with Crippen LogP contribution in [0.15, 0.2) is 12.1 Å². The molecule has 1 aromatic rings. The minimum absolute atomic E-state index is 0.154. The van der Waals surface area contributed by atoms with E-state index in [-0.39, 0.29) is 17.6 Å². The van der Waals surface area contributed by atoms with Crippen LogP contribution in [0.25, 0.3) is 0 Å². The quantitative estimate of drug-likeness (QED) is 0.509. The zero-order chi connectivity index (χ0) is 17.6. The zero-order valence-corrected chi connectivity index (χ0v) is 15.0. The highest BCUT2D eigenvalue weighted by Crippen LogP contribution is 2.19. The lowest BCUT2D eigenvalue weighted by Crippen LogP contribution is -2.47. The number of halogens is 2. The van der Waals surface area contributed by atoms with E-state index in [0.29, 0.717) is 18.6 Å². The molecule has 0 saturated carbocycles. The van der Waals surface area contributed by atoms with Gasteiger partial charge in [0.25, 0.3) is 5.24 Å². The Morgan fingerprint density at radius 3 is 2.48 bits per heavy atom. The van der Waals surface area contributed by atoms with Gasteiger partial charge < -0.3 is 14.0 Å². The first-order valence-electron chi connectivity index (χ1n) is 7.56. The topological polar surface area (TPSA) is 44.8 Å². The number of hydrogen-bond donors (Lipinski definition) is 0. The number of carbonyl (C=O) groups is 1. The van der Waals surface area contributed by atoms with Crippen molar-refractivity contribution in [3.05, 3.63) is 29.1 Å². The van der Waals surface area contributed by atoms with E-state index in [0.717, 1.165) is 0 Å². The highest BCUT2D eigenvalue weighted by atomic mass is 35.5. The molecule has 0 heterocycles. The number of hydrogen-bond acceptors (Lipinski definition) is 4. The van der Waals surface area contributed by atoms with Gasteiger partial charge in [-0.2, -0.15) is 0 Å². The second-order valence-corrected chi connectivity index (χ2v) is 6.07. The molecule has 7 heteroatoms. The Labute approximate surface area is 142 Å². The van der Waals surface area contributed by atoms with Crippen molar-refractivity contribution in [2.45, 2.75) is 46.3 Å². The van der Waals surface area contributed by atoms with Gasteiger partial charge in [-0.25, -0.2) is 4.39 Å².